The van der Waals surface area contributed by atoms with E-state index in [2.05, 4.69) is 37.6 Å². The molecule has 0 saturated carbocycles. The third kappa shape index (κ3) is 6.47. The van der Waals surface area contributed by atoms with Gasteiger partial charge in [-0.3, -0.25) is 4.79 Å². The normalized spacial score (nSPS) is 10.3. The Labute approximate surface area is 168 Å². The first kappa shape index (κ1) is 22.8. The molecule has 1 aromatic carbocycles. The molecule has 1 aromatic rings. The summed E-state index contributed by atoms with van der Waals surface area (Å²) in [6.07, 6.45) is 2.12. The molecule has 0 heterocycles. The molecule has 0 aliphatic heterocycles. The highest BCUT2D eigenvalue weighted by Gasteiger charge is 2.20. The number of ether oxygens (including phenoxy) is 1. The number of hydrogen-bond donors (Lipinski definition) is 2. The van der Waals surface area contributed by atoms with Crippen molar-refractivity contribution in [2.75, 3.05) is 13.2 Å². The molecule has 148 valence electrons. The van der Waals surface area contributed by atoms with Crippen molar-refractivity contribution in [2.45, 2.75) is 41.0 Å². The Morgan fingerprint density at radius 1 is 1.33 bits per heavy atom. The molecule has 0 aromatic heterocycles. The van der Waals surface area contributed by atoms with Gasteiger partial charge >= 0.3 is 0 Å². The molecule has 0 aliphatic rings. The van der Waals surface area contributed by atoms with Gasteiger partial charge < -0.3 is 15.4 Å². The van der Waals surface area contributed by atoms with Crippen molar-refractivity contribution >= 4 is 17.5 Å². The van der Waals surface area contributed by atoms with Crippen LogP contribution in [-0.4, -0.2) is 19.1 Å². The van der Waals surface area contributed by atoms with Crippen LogP contribution in [-0.2, 0) is 6.42 Å². The van der Waals surface area contributed by atoms with Crippen LogP contribution in [0.2, 0.25) is 5.02 Å². The number of benzene rings is 1. The predicted octanol–water partition coefficient (Wildman–Crippen LogP) is 5.25. The monoisotopic (exact) mass is 390 g/mol. The van der Waals surface area contributed by atoms with Crippen LogP contribution in [0.25, 0.3) is 0 Å². The summed E-state index contributed by atoms with van der Waals surface area (Å²) < 4.78 is 6.00. The van der Waals surface area contributed by atoms with Crippen molar-refractivity contribution in [1.82, 2.24) is 10.6 Å². The van der Waals surface area contributed by atoms with Gasteiger partial charge in [-0.1, -0.05) is 50.2 Å². The molecule has 0 bridgehead atoms. The summed E-state index contributed by atoms with van der Waals surface area (Å²) in [6, 6.07) is 3.73. The summed E-state index contributed by atoms with van der Waals surface area (Å²) in [6.45, 7) is 18.9. The quantitative estimate of drug-likeness (QED) is 0.536. The second kappa shape index (κ2) is 10.8. The van der Waals surface area contributed by atoms with Gasteiger partial charge in [-0.25, -0.2) is 0 Å². The smallest absolute Gasteiger partial charge is 0.260 e. The molecule has 0 spiro atoms. The molecule has 0 aliphatic carbocycles. The Morgan fingerprint density at radius 3 is 2.52 bits per heavy atom. The zero-order valence-corrected chi connectivity index (χ0v) is 17.8. The van der Waals surface area contributed by atoms with Crippen molar-refractivity contribution < 1.29 is 9.53 Å². The molecule has 0 fully saturated rings. The Balaban J connectivity index is 3.24. The van der Waals surface area contributed by atoms with E-state index in [1.54, 1.807) is 6.07 Å². The Morgan fingerprint density at radius 2 is 2.00 bits per heavy atom. The van der Waals surface area contributed by atoms with E-state index in [9.17, 15) is 4.79 Å². The van der Waals surface area contributed by atoms with Gasteiger partial charge in [-0.2, -0.15) is 0 Å². The molecule has 1 rings (SSSR count). The maximum Gasteiger partial charge on any atom is 0.260 e. The average Bonchev–Trinajstić information content (AvgIpc) is 2.57. The molecule has 27 heavy (non-hydrogen) atoms. The number of carbonyl (C=O) groups excluding carboxylic acids is 1. The molecule has 0 unspecified atom stereocenters. The lowest BCUT2D eigenvalue weighted by Gasteiger charge is -2.19. The maximum absolute atomic E-state index is 12.6. The Kier molecular flexibility index (Phi) is 9.16. The fourth-order valence-electron chi connectivity index (χ4n) is 2.70. The number of hydrogen-bond acceptors (Lipinski definition) is 3. The zero-order valence-electron chi connectivity index (χ0n) is 17.0. The summed E-state index contributed by atoms with van der Waals surface area (Å²) >= 11 is 6.56. The fourth-order valence-corrected chi connectivity index (χ4v) is 3.02. The van der Waals surface area contributed by atoms with Crippen LogP contribution in [0, 0.1) is 5.92 Å². The van der Waals surface area contributed by atoms with Gasteiger partial charge in [-0.05, 0) is 50.9 Å². The van der Waals surface area contributed by atoms with Crippen LogP contribution < -0.4 is 15.4 Å². The van der Waals surface area contributed by atoms with E-state index in [0.717, 1.165) is 35.4 Å². The van der Waals surface area contributed by atoms with Gasteiger partial charge in [0.1, 0.15) is 17.9 Å². The summed E-state index contributed by atoms with van der Waals surface area (Å²) in [4.78, 5) is 12.6. The van der Waals surface area contributed by atoms with E-state index in [4.69, 9.17) is 16.3 Å². The second-order valence-corrected chi connectivity index (χ2v) is 7.34. The van der Waals surface area contributed by atoms with E-state index in [0.29, 0.717) is 28.9 Å². The Bertz CT molecular complexity index is 732. The second-order valence-electron chi connectivity index (χ2n) is 6.96. The number of carbonyl (C=O) groups is 1. The van der Waals surface area contributed by atoms with Gasteiger partial charge in [-0.15, -0.1) is 0 Å². The lowest BCUT2D eigenvalue weighted by molar-refractivity contribution is 0.0966. The third-order valence-electron chi connectivity index (χ3n) is 4.00. The first-order chi connectivity index (χ1) is 12.7. The first-order valence-corrected chi connectivity index (χ1v) is 9.56. The summed E-state index contributed by atoms with van der Waals surface area (Å²) in [5, 5.41) is 6.23. The van der Waals surface area contributed by atoms with Crippen molar-refractivity contribution in [3.63, 3.8) is 0 Å². The number of nitrogens with one attached hydrogen (secondary N) is 2. The number of rotatable bonds is 10. The van der Waals surface area contributed by atoms with Gasteiger partial charge in [0, 0.05) is 17.8 Å². The van der Waals surface area contributed by atoms with E-state index in [1.807, 2.05) is 26.8 Å². The van der Waals surface area contributed by atoms with Crippen LogP contribution in [0.15, 0.2) is 48.3 Å². The first-order valence-electron chi connectivity index (χ1n) is 9.18. The van der Waals surface area contributed by atoms with E-state index in [1.165, 1.54) is 6.20 Å². The molecule has 0 saturated heterocycles. The molecule has 5 heteroatoms. The number of allylic oxidation sites excluding steroid dienone is 1. The zero-order chi connectivity index (χ0) is 20.6. The largest absolute Gasteiger partial charge is 0.488 e. The van der Waals surface area contributed by atoms with Gasteiger partial charge in [0.25, 0.3) is 5.91 Å². The van der Waals surface area contributed by atoms with Crippen LogP contribution in [0.4, 0.5) is 0 Å². The highest BCUT2D eigenvalue weighted by molar-refractivity contribution is 6.35. The van der Waals surface area contributed by atoms with Crippen molar-refractivity contribution in [1.29, 1.82) is 0 Å². The SMILES string of the molecule is C=CNC(=O)c1c(OCC(C(=C)NCC)=C(C)C)ccc(CC(C)C)c1Cl. The molecule has 1 amide bonds. The third-order valence-corrected chi connectivity index (χ3v) is 4.43. The van der Waals surface area contributed by atoms with Gasteiger partial charge in [0.2, 0.25) is 0 Å². The van der Waals surface area contributed by atoms with Crippen molar-refractivity contribution in [2.24, 2.45) is 5.92 Å². The highest BCUT2D eigenvalue weighted by atomic mass is 35.5. The van der Waals surface area contributed by atoms with Crippen molar-refractivity contribution in [3.8, 4) is 5.75 Å². The molecule has 0 radical (unpaired) electrons. The Hall–Kier alpha value is -2.20. The summed E-state index contributed by atoms with van der Waals surface area (Å²) in [7, 11) is 0. The minimum Gasteiger partial charge on any atom is -0.488 e. The lowest BCUT2D eigenvalue weighted by atomic mass is 10.00. The maximum atomic E-state index is 12.6. The minimum atomic E-state index is -0.333. The van der Waals surface area contributed by atoms with Crippen LogP contribution in [0.3, 0.4) is 0 Å². The van der Waals surface area contributed by atoms with Crippen LogP contribution in [0.1, 0.15) is 50.5 Å². The van der Waals surface area contributed by atoms with Crippen LogP contribution in [0.5, 0.6) is 5.75 Å². The molecule has 0 atom stereocenters. The number of halogens is 1. The summed E-state index contributed by atoms with van der Waals surface area (Å²) in [5.74, 6) is 0.528. The van der Waals surface area contributed by atoms with Crippen molar-refractivity contribution in [3.05, 3.63) is 64.5 Å². The van der Waals surface area contributed by atoms with E-state index in [-0.39, 0.29) is 5.91 Å². The van der Waals surface area contributed by atoms with E-state index < -0.39 is 0 Å². The molecule has 4 nitrogen and oxygen atoms in total. The minimum absolute atomic E-state index is 0.294. The topological polar surface area (TPSA) is 50.4 Å². The highest BCUT2D eigenvalue weighted by Crippen LogP contribution is 2.32. The molecular weight excluding hydrogens is 360 g/mol. The molecule has 2 N–H and O–H groups in total. The average molecular weight is 391 g/mol. The fraction of sp³-hybridized carbons (Fsp3) is 0.409. The number of amides is 1. The predicted molar refractivity (Wildman–Crippen MR) is 114 cm³/mol. The van der Waals surface area contributed by atoms with Gasteiger partial charge in [0.05, 0.1) is 5.02 Å². The standard InChI is InChI=1S/C22H31ClN2O2/c1-8-24-16(7)18(15(5)6)13-27-19-11-10-17(12-14(3)4)21(23)20(19)22(26)25-9-2/h9-11,14,24H,2,7-8,12-13H2,1,3-6H3,(H,25,26). The summed E-state index contributed by atoms with van der Waals surface area (Å²) in [5.41, 5.74) is 4.14. The number of likely N-dealkylation sites (N-methyl/N-ethyl adjacent to an activating group) is 1. The van der Waals surface area contributed by atoms with E-state index >= 15 is 0 Å². The van der Waals surface area contributed by atoms with Crippen LogP contribution >= 0.6 is 11.6 Å². The van der Waals surface area contributed by atoms with Gasteiger partial charge in [0.15, 0.2) is 0 Å². The molecular formula is C22H31ClN2O2. The lowest BCUT2D eigenvalue weighted by Crippen LogP contribution is -2.21.